The highest BCUT2D eigenvalue weighted by atomic mass is 16.7. The number of hydrogen-bond acceptors (Lipinski definition) is 4. The first-order chi connectivity index (χ1) is 10.1. The fourth-order valence-electron chi connectivity index (χ4n) is 2.45. The third kappa shape index (κ3) is 2.42. The van der Waals surface area contributed by atoms with Gasteiger partial charge in [-0.15, -0.1) is 0 Å². The Morgan fingerprint density at radius 3 is 2.67 bits per heavy atom. The molecule has 5 heteroatoms. The molecule has 0 spiro atoms. The highest BCUT2D eigenvalue weighted by molar-refractivity contribution is 5.81. The van der Waals surface area contributed by atoms with E-state index in [1.165, 1.54) is 0 Å². The number of nitrogens with zero attached hydrogens (tertiary/aromatic N) is 1. The molecule has 1 unspecified atom stereocenters. The van der Waals surface area contributed by atoms with Gasteiger partial charge in [0.05, 0.1) is 5.41 Å². The van der Waals surface area contributed by atoms with Crippen LogP contribution in [0, 0.1) is 0 Å². The van der Waals surface area contributed by atoms with Gasteiger partial charge in [0, 0.05) is 12.4 Å². The van der Waals surface area contributed by atoms with Crippen molar-refractivity contribution in [3.8, 4) is 11.5 Å². The fraction of sp³-hybridized carbons (Fsp3) is 0.250. The van der Waals surface area contributed by atoms with Crippen molar-refractivity contribution >= 4 is 5.97 Å². The summed E-state index contributed by atoms with van der Waals surface area (Å²) < 4.78 is 10.6. The fourth-order valence-corrected chi connectivity index (χ4v) is 2.45. The van der Waals surface area contributed by atoms with E-state index in [1.807, 2.05) is 12.1 Å². The lowest BCUT2D eigenvalue weighted by atomic mass is 9.77. The highest BCUT2D eigenvalue weighted by Crippen LogP contribution is 2.37. The summed E-state index contributed by atoms with van der Waals surface area (Å²) in [7, 11) is 0. The zero-order valence-electron chi connectivity index (χ0n) is 11.6. The summed E-state index contributed by atoms with van der Waals surface area (Å²) in [5.41, 5.74) is 0.575. The summed E-state index contributed by atoms with van der Waals surface area (Å²) >= 11 is 0. The number of rotatable bonds is 4. The second-order valence-electron chi connectivity index (χ2n) is 5.24. The van der Waals surface area contributed by atoms with Crippen LogP contribution in [0.15, 0.2) is 42.7 Å². The summed E-state index contributed by atoms with van der Waals surface area (Å²) in [5.74, 6) is 0.364. The maximum atomic E-state index is 11.8. The number of fused-ring (bicyclic) bond motifs is 1. The van der Waals surface area contributed by atoms with E-state index in [1.54, 1.807) is 37.5 Å². The highest BCUT2D eigenvalue weighted by Gasteiger charge is 2.36. The molecule has 1 aromatic heterocycles. The monoisotopic (exact) mass is 285 g/mol. The number of pyridine rings is 1. The van der Waals surface area contributed by atoms with E-state index in [-0.39, 0.29) is 6.79 Å². The SMILES string of the molecule is CC(Cc1ccncc1)(C(=O)O)c1ccc2c(c1)OCO2. The molecule has 21 heavy (non-hydrogen) atoms. The summed E-state index contributed by atoms with van der Waals surface area (Å²) in [6.45, 7) is 1.89. The van der Waals surface area contributed by atoms with Crippen molar-refractivity contribution < 1.29 is 19.4 Å². The van der Waals surface area contributed by atoms with E-state index in [4.69, 9.17) is 9.47 Å². The Hall–Kier alpha value is -2.56. The predicted molar refractivity (Wildman–Crippen MR) is 75.5 cm³/mol. The van der Waals surface area contributed by atoms with Gasteiger partial charge < -0.3 is 14.6 Å². The molecule has 2 heterocycles. The molecule has 1 aromatic carbocycles. The van der Waals surface area contributed by atoms with Gasteiger partial charge in [-0.25, -0.2) is 0 Å². The lowest BCUT2D eigenvalue weighted by Gasteiger charge is -2.25. The minimum absolute atomic E-state index is 0.174. The Labute approximate surface area is 122 Å². The van der Waals surface area contributed by atoms with E-state index < -0.39 is 11.4 Å². The maximum Gasteiger partial charge on any atom is 0.314 e. The van der Waals surface area contributed by atoms with Gasteiger partial charge in [0.2, 0.25) is 6.79 Å². The van der Waals surface area contributed by atoms with Crippen molar-refractivity contribution in [3.05, 3.63) is 53.9 Å². The molecule has 1 atom stereocenters. The molecule has 5 nitrogen and oxygen atoms in total. The Morgan fingerprint density at radius 1 is 1.24 bits per heavy atom. The van der Waals surface area contributed by atoms with Crippen molar-refractivity contribution in [3.63, 3.8) is 0 Å². The van der Waals surface area contributed by atoms with Gasteiger partial charge in [0.25, 0.3) is 0 Å². The van der Waals surface area contributed by atoms with E-state index >= 15 is 0 Å². The van der Waals surface area contributed by atoms with Crippen LogP contribution in [0.1, 0.15) is 18.1 Å². The molecule has 0 saturated heterocycles. The van der Waals surface area contributed by atoms with Crippen LogP contribution in [-0.4, -0.2) is 22.9 Å². The molecule has 1 N–H and O–H groups in total. The number of aliphatic carboxylic acids is 1. The Morgan fingerprint density at radius 2 is 1.95 bits per heavy atom. The number of carboxylic acids is 1. The van der Waals surface area contributed by atoms with Crippen LogP contribution in [0.2, 0.25) is 0 Å². The maximum absolute atomic E-state index is 11.8. The first-order valence-corrected chi connectivity index (χ1v) is 6.62. The lowest BCUT2D eigenvalue weighted by Crippen LogP contribution is -2.34. The summed E-state index contributed by atoms with van der Waals surface area (Å²) in [5, 5.41) is 9.71. The summed E-state index contributed by atoms with van der Waals surface area (Å²) in [4.78, 5) is 15.8. The predicted octanol–water partition coefficient (Wildman–Crippen LogP) is 2.40. The van der Waals surface area contributed by atoms with Gasteiger partial charge in [-0.2, -0.15) is 0 Å². The molecule has 0 aliphatic carbocycles. The molecule has 1 aliphatic heterocycles. The molecule has 0 bridgehead atoms. The molecule has 0 fully saturated rings. The number of ether oxygens (including phenoxy) is 2. The van der Waals surface area contributed by atoms with Crippen LogP contribution in [0.5, 0.6) is 11.5 Å². The van der Waals surface area contributed by atoms with Crippen molar-refractivity contribution in [1.29, 1.82) is 0 Å². The molecule has 1 aliphatic rings. The molecule has 0 radical (unpaired) electrons. The second kappa shape index (κ2) is 5.09. The standard InChI is InChI=1S/C16H15NO4/c1-16(15(18)19,9-11-4-6-17-7-5-11)12-2-3-13-14(8-12)21-10-20-13/h2-8H,9-10H2,1H3,(H,18,19). The quantitative estimate of drug-likeness (QED) is 0.934. The Bertz CT molecular complexity index is 671. The average Bonchev–Trinajstić information content (AvgIpc) is 2.95. The summed E-state index contributed by atoms with van der Waals surface area (Å²) in [6, 6.07) is 8.94. The largest absolute Gasteiger partial charge is 0.481 e. The molecule has 108 valence electrons. The lowest BCUT2D eigenvalue weighted by molar-refractivity contribution is -0.143. The topological polar surface area (TPSA) is 68.7 Å². The van der Waals surface area contributed by atoms with Gasteiger partial charge in [0.15, 0.2) is 11.5 Å². The number of carbonyl (C=O) groups is 1. The van der Waals surface area contributed by atoms with Crippen LogP contribution in [0.25, 0.3) is 0 Å². The first kappa shape index (κ1) is 13.4. The van der Waals surface area contributed by atoms with Crippen molar-refractivity contribution in [2.24, 2.45) is 0 Å². The minimum atomic E-state index is -1.04. The molecular weight excluding hydrogens is 270 g/mol. The van der Waals surface area contributed by atoms with E-state index in [2.05, 4.69) is 4.98 Å². The third-order valence-corrected chi connectivity index (χ3v) is 3.79. The molecular formula is C16H15NO4. The van der Waals surface area contributed by atoms with E-state index in [0.717, 1.165) is 5.56 Å². The normalized spacial score (nSPS) is 15.5. The van der Waals surface area contributed by atoms with E-state index in [0.29, 0.717) is 23.5 Å². The van der Waals surface area contributed by atoms with Crippen LogP contribution < -0.4 is 9.47 Å². The summed E-state index contributed by atoms with van der Waals surface area (Å²) in [6.07, 6.45) is 3.71. The number of benzene rings is 1. The number of hydrogen-bond donors (Lipinski definition) is 1. The molecule has 0 saturated carbocycles. The van der Waals surface area contributed by atoms with Crippen molar-refractivity contribution in [2.75, 3.05) is 6.79 Å². The van der Waals surface area contributed by atoms with Crippen LogP contribution in [0.4, 0.5) is 0 Å². The average molecular weight is 285 g/mol. The van der Waals surface area contributed by atoms with E-state index in [9.17, 15) is 9.90 Å². The number of carboxylic acid groups (broad SMARTS) is 1. The van der Waals surface area contributed by atoms with Gasteiger partial charge in [-0.1, -0.05) is 6.07 Å². The minimum Gasteiger partial charge on any atom is -0.481 e. The second-order valence-corrected chi connectivity index (χ2v) is 5.24. The van der Waals surface area contributed by atoms with Crippen LogP contribution >= 0.6 is 0 Å². The molecule has 2 aromatic rings. The first-order valence-electron chi connectivity index (χ1n) is 6.62. The van der Waals surface area contributed by atoms with Crippen molar-refractivity contribution in [1.82, 2.24) is 4.98 Å². The van der Waals surface area contributed by atoms with Gasteiger partial charge in [-0.05, 0) is 48.7 Å². The Balaban J connectivity index is 1.99. The van der Waals surface area contributed by atoms with Crippen LogP contribution in [-0.2, 0) is 16.6 Å². The van der Waals surface area contributed by atoms with Gasteiger partial charge in [0.1, 0.15) is 0 Å². The molecule has 0 amide bonds. The molecule has 3 rings (SSSR count). The Kier molecular flexibility index (Phi) is 3.25. The third-order valence-electron chi connectivity index (χ3n) is 3.79. The number of aromatic nitrogens is 1. The smallest absolute Gasteiger partial charge is 0.314 e. The zero-order chi connectivity index (χ0) is 14.9. The van der Waals surface area contributed by atoms with Crippen molar-refractivity contribution in [2.45, 2.75) is 18.8 Å². The van der Waals surface area contributed by atoms with Crippen LogP contribution in [0.3, 0.4) is 0 Å². The zero-order valence-corrected chi connectivity index (χ0v) is 11.6. The van der Waals surface area contributed by atoms with Gasteiger partial charge in [-0.3, -0.25) is 9.78 Å². The van der Waals surface area contributed by atoms with Gasteiger partial charge >= 0.3 is 5.97 Å².